The largest absolute Gasteiger partial charge is 0.504 e. The molecule has 1 fully saturated rings. The van der Waals surface area contributed by atoms with Crippen LogP contribution in [-0.4, -0.2) is 28.1 Å². The Labute approximate surface area is 164 Å². The Morgan fingerprint density at radius 1 is 1.10 bits per heavy atom. The van der Waals surface area contributed by atoms with Crippen LogP contribution in [0.1, 0.15) is 30.4 Å². The number of aromatic hydroxyl groups is 1. The molecule has 5 rings (SSSR count). The van der Waals surface area contributed by atoms with Gasteiger partial charge in [0.2, 0.25) is 0 Å². The second kappa shape index (κ2) is 6.14. The van der Waals surface area contributed by atoms with Crippen molar-refractivity contribution >= 4 is 11.5 Å². The molecule has 2 aromatic rings. The minimum atomic E-state index is -4.89. The lowest BCUT2D eigenvalue weighted by molar-refractivity contribution is -0.185. The summed E-state index contributed by atoms with van der Waals surface area (Å²) in [6.07, 6.45) is -2.19. The minimum absolute atomic E-state index is 0.00183. The van der Waals surface area contributed by atoms with E-state index in [1.54, 1.807) is 18.2 Å². The first-order chi connectivity index (χ1) is 13.8. The first kappa shape index (κ1) is 17.8. The van der Waals surface area contributed by atoms with Crippen molar-refractivity contribution in [1.29, 1.82) is 0 Å². The Morgan fingerprint density at radius 2 is 1.86 bits per heavy atom. The molecule has 1 N–H and O–H groups in total. The van der Waals surface area contributed by atoms with E-state index in [9.17, 15) is 23.1 Å². The highest BCUT2D eigenvalue weighted by atomic mass is 19.4. The molecule has 1 amide bonds. The molecule has 0 aromatic heterocycles. The number of hydrogen-bond acceptors (Lipinski definition) is 3. The molecular weight excluding hydrogens is 383 g/mol. The van der Waals surface area contributed by atoms with E-state index in [-0.39, 0.29) is 12.2 Å². The van der Waals surface area contributed by atoms with Crippen molar-refractivity contribution < 1.29 is 27.8 Å². The van der Waals surface area contributed by atoms with Crippen molar-refractivity contribution in [3.05, 3.63) is 70.9 Å². The van der Waals surface area contributed by atoms with E-state index in [1.807, 2.05) is 24.3 Å². The van der Waals surface area contributed by atoms with Crippen LogP contribution in [0.25, 0.3) is 5.57 Å². The topological polar surface area (TPSA) is 49.8 Å². The summed E-state index contributed by atoms with van der Waals surface area (Å²) < 4.78 is 45.0. The quantitative estimate of drug-likeness (QED) is 0.569. The number of nitrogens with zero attached hydrogens (tertiary/aromatic N) is 1. The Hall–Kier alpha value is -3.22. The average molecular weight is 399 g/mol. The van der Waals surface area contributed by atoms with E-state index >= 15 is 0 Å². The Morgan fingerprint density at radius 3 is 2.62 bits per heavy atom. The Bertz CT molecular complexity index is 1100. The van der Waals surface area contributed by atoms with Crippen LogP contribution in [0.15, 0.2) is 59.8 Å². The second-order valence-corrected chi connectivity index (χ2v) is 7.37. The van der Waals surface area contributed by atoms with Crippen LogP contribution in [0.4, 0.5) is 13.2 Å². The van der Waals surface area contributed by atoms with E-state index in [1.165, 1.54) is 6.07 Å². The number of phenolic OH excluding ortho intramolecular Hbond substituents is 1. The fourth-order valence-electron chi connectivity index (χ4n) is 4.47. The molecule has 2 bridgehead atoms. The van der Waals surface area contributed by atoms with Gasteiger partial charge in [-0.05, 0) is 30.5 Å². The predicted molar refractivity (Wildman–Crippen MR) is 99.3 cm³/mol. The van der Waals surface area contributed by atoms with Crippen LogP contribution in [0, 0.1) is 0 Å². The first-order valence-corrected chi connectivity index (χ1v) is 9.25. The maximum absolute atomic E-state index is 13.0. The first-order valence-electron chi connectivity index (χ1n) is 9.25. The van der Waals surface area contributed by atoms with Gasteiger partial charge in [0.05, 0.1) is 0 Å². The van der Waals surface area contributed by atoms with E-state index in [0.717, 1.165) is 21.6 Å². The second-order valence-electron chi connectivity index (χ2n) is 7.37. The third kappa shape index (κ3) is 2.72. The number of carbonyl (C=O) groups is 1. The van der Waals surface area contributed by atoms with E-state index in [2.05, 4.69) is 0 Å². The molecule has 2 aromatic carbocycles. The van der Waals surface area contributed by atoms with Crippen molar-refractivity contribution in [2.24, 2.45) is 0 Å². The number of hydrogen-bond donors (Lipinski definition) is 1. The maximum Gasteiger partial charge on any atom is 0.471 e. The van der Waals surface area contributed by atoms with Crippen molar-refractivity contribution in [1.82, 2.24) is 4.90 Å². The molecule has 0 spiro atoms. The average Bonchev–Trinajstić information content (AvgIpc) is 2.94. The number of ether oxygens (including phenoxy) is 1. The highest BCUT2D eigenvalue weighted by Crippen LogP contribution is 2.51. The summed E-state index contributed by atoms with van der Waals surface area (Å²) >= 11 is 0. The van der Waals surface area contributed by atoms with E-state index in [4.69, 9.17) is 4.74 Å². The zero-order valence-electron chi connectivity index (χ0n) is 15.2. The predicted octanol–water partition coefficient (Wildman–Crippen LogP) is 5.14. The highest BCUT2D eigenvalue weighted by Gasteiger charge is 2.49. The summed E-state index contributed by atoms with van der Waals surface area (Å²) in [5, 5.41) is 10.3. The third-order valence-electron chi connectivity index (χ3n) is 5.62. The third-order valence-corrected chi connectivity index (χ3v) is 5.62. The van der Waals surface area contributed by atoms with Crippen molar-refractivity contribution in [3.8, 4) is 17.2 Å². The number of benzene rings is 2. The van der Waals surface area contributed by atoms with Gasteiger partial charge in [-0.15, -0.1) is 0 Å². The Kier molecular flexibility index (Phi) is 3.78. The molecule has 0 radical (unpaired) electrons. The molecule has 0 aliphatic carbocycles. The molecule has 1 saturated heterocycles. The number of phenols is 1. The number of para-hydroxylation sites is 2. The molecule has 4 nitrogen and oxygen atoms in total. The standard InChI is InChI=1S/C22H16F3NO3/c23-22(24,25)21(28)26-13-8-9-14(26)11-12(10-13)19-15-4-1-2-7-18(15)29-20-16(19)5-3-6-17(20)27/h1-8,14,27H,9-11H2/b19-12-. The smallest absolute Gasteiger partial charge is 0.471 e. The summed E-state index contributed by atoms with van der Waals surface area (Å²) in [5.41, 5.74) is 3.71. The van der Waals surface area contributed by atoms with Crippen LogP contribution < -0.4 is 4.74 Å². The van der Waals surface area contributed by atoms with Gasteiger partial charge in [0.1, 0.15) is 5.75 Å². The maximum atomic E-state index is 13.0. The number of carbonyl (C=O) groups excluding carboxylic acids is 1. The summed E-state index contributed by atoms with van der Waals surface area (Å²) in [6.45, 7) is 0. The summed E-state index contributed by atoms with van der Waals surface area (Å²) in [5.74, 6) is -0.884. The molecule has 3 heterocycles. The SMILES string of the molecule is O=C(N1C2=CCC1C/C(=C1/c3ccccc3Oc3c(O)cccc31)C2)C(F)(F)F. The van der Waals surface area contributed by atoms with Gasteiger partial charge in [-0.3, -0.25) is 4.79 Å². The number of piperidine rings is 1. The molecule has 1 unspecified atom stereocenters. The molecule has 148 valence electrons. The lowest BCUT2D eigenvalue weighted by atomic mass is 9.84. The summed E-state index contributed by atoms with van der Waals surface area (Å²) in [6, 6.07) is 11.9. The van der Waals surface area contributed by atoms with E-state index in [0.29, 0.717) is 35.6 Å². The number of rotatable bonds is 0. The molecule has 7 heteroatoms. The van der Waals surface area contributed by atoms with Gasteiger partial charge >= 0.3 is 12.1 Å². The number of halogens is 3. The normalized spacial score (nSPS) is 22.5. The van der Waals surface area contributed by atoms with Gasteiger partial charge in [-0.1, -0.05) is 42.0 Å². The molecule has 0 saturated carbocycles. The lowest BCUT2D eigenvalue weighted by Crippen LogP contribution is -2.46. The zero-order valence-corrected chi connectivity index (χ0v) is 15.2. The van der Waals surface area contributed by atoms with Gasteiger partial charge in [0.25, 0.3) is 0 Å². The van der Waals surface area contributed by atoms with Gasteiger partial charge in [0.15, 0.2) is 11.5 Å². The number of alkyl halides is 3. The van der Waals surface area contributed by atoms with Crippen LogP contribution >= 0.6 is 0 Å². The lowest BCUT2D eigenvalue weighted by Gasteiger charge is -2.36. The van der Waals surface area contributed by atoms with Crippen LogP contribution in [0.3, 0.4) is 0 Å². The van der Waals surface area contributed by atoms with Crippen LogP contribution in [0.2, 0.25) is 0 Å². The molecule has 3 aliphatic rings. The van der Waals surface area contributed by atoms with E-state index < -0.39 is 18.1 Å². The van der Waals surface area contributed by atoms with Crippen molar-refractivity contribution in [2.45, 2.75) is 31.5 Å². The van der Waals surface area contributed by atoms with Crippen molar-refractivity contribution in [2.75, 3.05) is 0 Å². The van der Waals surface area contributed by atoms with Crippen LogP contribution in [0.5, 0.6) is 17.2 Å². The fraction of sp³-hybridized carbons (Fsp3) is 0.227. The summed E-state index contributed by atoms with van der Waals surface area (Å²) in [4.78, 5) is 12.8. The van der Waals surface area contributed by atoms with Gasteiger partial charge in [-0.2, -0.15) is 13.2 Å². The summed E-state index contributed by atoms with van der Waals surface area (Å²) in [7, 11) is 0. The molecular formula is C22H16F3NO3. The fourth-order valence-corrected chi connectivity index (χ4v) is 4.47. The number of fused-ring (bicyclic) bond motifs is 4. The highest BCUT2D eigenvalue weighted by molar-refractivity contribution is 5.92. The van der Waals surface area contributed by atoms with Gasteiger partial charge in [-0.25, -0.2) is 0 Å². The molecule has 3 aliphatic heterocycles. The number of amides is 1. The van der Waals surface area contributed by atoms with Crippen LogP contribution in [-0.2, 0) is 4.79 Å². The van der Waals surface area contributed by atoms with Gasteiger partial charge in [0, 0.05) is 29.3 Å². The Balaban J connectivity index is 1.63. The zero-order chi connectivity index (χ0) is 20.3. The molecule has 29 heavy (non-hydrogen) atoms. The minimum Gasteiger partial charge on any atom is -0.504 e. The monoisotopic (exact) mass is 399 g/mol. The van der Waals surface area contributed by atoms with Gasteiger partial charge < -0.3 is 14.7 Å². The number of allylic oxidation sites excluding steroid dienone is 1. The molecule has 1 atom stereocenters. The van der Waals surface area contributed by atoms with Crippen molar-refractivity contribution in [3.63, 3.8) is 0 Å².